The summed E-state index contributed by atoms with van der Waals surface area (Å²) in [5.74, 6) is -0.714. The van der Waals surface area contributed by atoms with E-state index in [2.05, 4.69) is 10.3 Å². The number of fused-ring (bicyclic) bond motifs is 1. The number of carbonyl (C=O) groups excluding carboxylic acids is 2. The third-order valence-corrected chi connectivity index (χ3v) is 6.15. The van der Waals surface area contributed by atoms with Crippen LogP contribution in [0.25, 0.3) is 0 Å². The van der Waals surface area contributed by atoms with Crippen LogP contribution in [0.4, 0.5) is 0 Å². The lowest BCUT2D eigenvalue weighted by Gasteiger charge is -2.25. The highest BCUT2D eigenvalue weighted by atomic mass is 32.2. The number of nitrogens with one attached hydrogen (secondary N) is 1. The van der Waals surface area contributed by atoms with Gasteiger partial charge in [0, 0.05) is 37.3 Å². The minimum Gasteiger partial charge on any atom is -0.325 e. The molecule has 1 heterocycles. The molecule has 7 nitrogen and oxygen atoms in total. The SMILES string of the molecule is CC1=CC(=O)NC2=CC(=NC(=O)c3ccc(S(=O)(=O)N(C)C)cc3)C=CC12. The summed E-state index contributed by atoms with van der Waals surface area (Å²) >= 11 is 0. The van der Waals surface area contributed by atoms with Crippen LogP contribution in [-0.4, -0.2) is 44.3 Å². The number of carbonyl (C=O) groups is 2. The fourth-order valence-electron chi connectivity index (χ4n) is 2.81. The number of rotatable bonds is 3. The zero-order valence-electron chi connectivity index (χ0n) is 15.1. The van der Waals surface area contributed by atoms with Gasteiger partial charge < -0.3 is 5.32 Å². The van der Waals surface area contributed by atoms with Crippen molar-refractivity contribution in [2.45, 2.75) is 11.8 Å². The van der Waals surface area contributed by atoms with Crippen molar-refractivity contribution in [3.63, 3.8) is 0 Å². The molecule has 2 amide bonds. The van der Waals surface area contributed by atoms with E-state index < -0.39 is 15.9 Å². The molecule has 1 aromatic rings. The van der Waals surface area contributed by atoms with Crippen LogP contribution in [-0.2, 0) is 14.8 Å². The van der Waals surface area contributed by atoms with Gasteiger partial charge in [0.05, 0.1) is 10.6 Å². The van der Waals surface area contributed by atoms with E-state index in [0.717, 1.165) is 9.88 Å². The Bertz CT molecular complexity index is 1030. The van der Waals surface area contributed by atoms with Crippen LogP contribution in [0, 0.1) is 5.92 Å². The minimum absolute atomic E-state index is 0.0210. The molecule has 0 aromatic heterocycles. The van der Waals surface area contributed by atoms with Crippen molar-refractivity contribution in [1.82, 2.24) is 9.62 Å². The number of nitrogens with zero attached hydrogens (tertiary/aromatic N) is 2. The van der Waals surface area contributed by atoms with Gasteiger partial charge in [-0.05, 0) is 43.3 Å². The topological polar surface area (TPSA) is 95.9 Å². The lowest BCUT2D eigenvalue weighted by atomic mass is 9.89. The first-order valence-electron chi connectivity index (χ1n) is 8.23. The Morgan fingerprint density at radius 1 is 1.15 bits per heavy atom. The molecule has 0 spiro atoms. The molecule has 0 radical (unpaired) electrons. The van der Waals surface area contributed by atoms with E-state index in [0.29, 0.717) is 11.4 Å². The first kappa shape index (κ1) is 18.9. The van der Waals surface area contributed by atoms with Crippen LogP contribution in [0.3, 0.4) is 0 Å². The quantitative estimate of drug-likeness (QED) is 0.856. The Morgan fingerprint density at radius 2 is 1.81 bits per heavy atom. The molecule has 1 aliphatic heterocycles. The van der Waals surface area contributed by atoms with Crippen LogP contribution < -0.4 is 5.32 Å². The Morgan fingerprint density at radius 3 is 2.44 bits per heavy atom. The third-order valence-electron chi connectivity index (χ3n) is 4.33. The molecule has 140 valence electrons. The summed E-state index contributed by atoms with van der Waals surface area (Å²) in [5.41, 5.74) is 2.30. The molecule has 1 unspecified atom stereocenters. The largest absolute Gasteiger partial charge is 0.325 e. The molecule has 0 saturated heterocycles. The van der Waals surface area contributed by atoms with Crippen LogP contribution in [0.5, 0.6) is 0 Å². The third kappa shape index (κ3) is 3.81. The predicted octanol–water partition coefficient (Wildman–Crippen LogP) is 1.66. The Kier molecular flexibility index (Phi) is 4.95. The molecule has 0 fully saturated rings. The van der Waals surface area contributed by atoms with E-state index in [-0.39, 0.29) is 22.3 Å². The predicted molar refractivity (Wildman–Crippen MR) is 102 cm³/mol. The number of sulfonamides is 1. The van der Waals surface area contributed by atoms with Gasteiger partial charge >= 0.3 is 0 Å². The second-order valence-electron chi connectivity index (χ2n) is 6.47. The Labute approximate surface area is 157 Å². The normalized spacial score (nSPS) is 20.8. The maximum atomic E-state index is 12.4. The molecule has 2 aliphatic rings. The lowest BCUT2D eigenvalue weighted by molar-refractivity contribution is -0.116. The second-order valence-corrected chi connectivity index (χ2v) is 8.62. The highest BCUT2D eigenvalue weighted by molar-refractivity contribution is 7.89. The lowest BCUT2D eigenvalue weighted by Crippen LogP contribution is -2.32. The van der Waals surface area contributed by atoms with Gasteiger partial charge in [0.2, 0.25) is 15.9 Å². The fraction of sp³-hybridized carbons (Fsp3) is 0.211. The monoisotopic (exact) mass is 385 g/mol. The minimum atomic E-state index is -3.55. The number of allylic oxidation sites excluding steroid dienone is 3. The molecule has 3 rings (SSSR count). The first-order valence-corrected chi connectivity index (χ1v) is 9.67. The van der Waals surface area contributed by atoms with E-state index >= 15 is 0 Å². The summed E-state index contributed by atoms with van der Waals surface area (Å²) in [6.07, 6.45) is 6.82. The fourth-order valence-corrected chi connectivity index (χ4v) is 3.71. The highest BCUT2D eigenvalue weighted by Crippen LogP contribution is 2.26. The van der Waals surface area contributed by atoms with Gasteiger partial charge in [-0.15, -0.1) is 0 Å². The van der Waals surface area contributed by atoms with Gasteiger partial charge in [-0.2, -0.15) is 0 Å². The summed E-state index contributed by atoms with van der Waals surface area (Å²) in [6.45, 7) is 1.87. The van der Waals surface area contributed by atoms with Crippen LogP contribution in [0.15, 0.2) is 69.7 Å². The molecular formula is C19H19N3O4S. The van der Waals surface area contributed by atoms with Gasteiger partial charge in [0.1, 0.15) is 0 Å². The number of amides is 2. The van der Waals surface area contributed by atoms with Crippen LogP contribution in [0.2, 0.25) is 0 Å². The van der Waals surface area contributed by atoms with Gasteiger partial charge in [-0.3, -0.25) is 9.59 Å². The summed E-state index contributed by atoms with van der Waals surface area (Å²) < 4.78 is 25.3. The van der Waals surface area contributed by atoms with E-state index in [1.54, 1.807) is 18.2 Å². The average molecular weight is 385 g/mol. The molecule has 0 saturated carbocycles. The van der Waals surface area contributed by atoms with E-state index in [1.807, 2.05) is 13.0 Å². The van der Waals surface area contributed by atoms with Gasteiger partial charge in [-0.25, -0.2) is 17.7 Å². The summed E-state index contributed by atoms with van der Waals surface area (Å²) in [7, 11) is -0.666. The average Bonchev–Trinajstić information content (AvgIpc) is 2.61. The van der Waals surface area contributed by atoms with E-state index in [1.165, 1.54) is 38.4 Å². The highest BCUT2D eigenvalue weighted by Gasteiger charge is 2.24. The van der Waals surface area contributed by atoms with Crippen molar-refractivity contribution in [3.05, 3.63) is 65.4 Å². The van der Waals surface area contributed by atoms with Crippen LogP contribution >= 0.6 is 0 Å². The summed E-state index contributed by atoms with van der Waals surface area (Å²) in [4.78, 5) is 28.2. The molecule has 1 N–H and O–H groups in total. The molecule has 0 bridgehead atoms. The van der Waals surface area contributed by atoms with Crippen molar-refractivity contribution < 1.29 is 18.0 Å². The zero-order valence-corrected chi connectivity index (χ0v) is 15.9. The number of hydrogen-bond donors (Lipinski definition) is 1. The molecular weight excluding hydrogens is 366 g/mol. The van der Waals surface area contributed by atoms with E-state index in [9.17, 15) is 18.0 Å². The van der Waals surface area contributed by atoms with Crippen molar-refractivity contribution in [2.24, 2.45) is 10.9 Å². The number of hydrogen-bond acceptors (Lipinski definition) is 4. The molecule has 1 aromatic carbocycles. The van der Waals surface area contributed by atoms with Crippen molar-refractivity contribution in [3.8, 4) is 0 Å². The van der Waals surface area contributed by atoms with Gasteiger partial charge in [-0.1, -0.05) is 11.6 Å². The summed E-state index contributed by atoms with van der Waals surface area (Å²) in [5, 5.41) is 2.76. The van der Waals surface area contributed by atoms with Crippen molar-refractivity contribution in [1.29, 1.82) is 0 Å². The Hall–Kier alpha value is -2.84. The van der Waals surface area contributed by atoms with Gasteiger partial charge in [0.25, 0.3) is 5.91 Å². The molecule has 27 heavy (non-hydrogen) atoms. The first-order chi connectivity index (χ1) is 12.7. The zero-order chi connectivity index (χ0) is 19.8. The maximum Gasteiger partial charge on any atom is 0.277 e. The van der Waals surface area contributed by atoms with E-state index in [4.69, 9.17) is 0 Å². The second kappa shape index (κ2) is 7.05. The maximum absolute atomic E-state index is 12.4. The molecule has 8 heteroatoms. The Balaban J connectivity index is 1.83. The van der Waals surface area contributed by atoms with Crippen molar-refractivity contribution in [2.75, 3.05) is 14.1 Å². The smallest absolute Gasteiger partial charge is 0.277 e. The van der Waals surface area contributed by atoms with Gasteiger partial charge in [0.15, 0.2) is 0 Å². The molecule has 1 atom stereocenters. The summed E-state index contributed by atoms with van der Waals surface area (Å²) in [6, 6.07) is 5.62. The number of aliphatic imine (C=N–C) groups is 1. The van der Waals surface area contributed by atoms with Crippen LogP contribution in [0.1, 0.15) is 17.3 Å². The molecule has 1 aliphatic carbocycles. The van der Waals surface area contributed by atoms with Crippen molar-refractivity contribution >= 4 is 27.5 Å². The number of benzene rings is 1. The standard InChI is InChI=1S/C19H19N3O4S/c1-12-10-18(23)21-17-11-14(6-9-16(12)17)20-19(24)13-4-7-15(8-5-13)27(25,26)22(2)3/h4-11,16H,1-3H3,(H,21,23).